The topological polar surface area (TPSA) is 45.5 Å². The number of ether oxygens (including phenoxy) is 2. The summed E-state index contributed by atoms with van der Waals surface area (Å²) in [5.41, 5.74) is 1.13. The van der Waals surface area contributed by atoms with Gasteiger partial charge in [-0.1, -0.05) is 6.07 Å². The van der Waals surface area contributed by atoms with Crippen LogP contribution < -0.4 is 9.47 Å². The summed E-state index contributed by atoms with van der Waals surface area (Å²) in [4.78, 5) is 2.00. The summed E-state index contributed by atoms with van der Waals surface area (Å²) in [7, 11) is 1.94. The fourth-order valence-corrected chi connectivity index (χ4v) is 1.83. The molecule has 0 aliphatic carbocycles. The molecule has 0 saturated carbocycles. The Morgan fingerprint density at radius 2 is 2.06 bits per heavy atom. The molecule has 4 heteroatoms. The van der Waals surface area contributed by atoms with E-state index < -0.39 is 0 Å². The van der Waals surface area contributed by atoms with Crippen molar-refractivity contribution >= 4 is 0 Å². The zero-order chi connectivity index (χ0) is 13.0. The second kappa shape index (κ2) is 5.74. The van der Waals surface area contributed by atoms with Gasteiger partial charge in [0, 0.05) is 13.0 Å². The van der Waals surface area contributed by atoms with Gasteiger partial charge in [-0.2, -0.15) is 5.26 Å². The maximum Gasteiger partial charge on any atom is 0.161 e. The predicted molar refractivity (Wildman–Crippen MR) is 68.6 cm³/mol. The van der Waals surface area contributed by atoms with Crippen LogP contribution in [-0.4, -0.2) is 31.2 Å². The molecule has 0 bridgehead atoms. The lowest BCUT2D eigenvalue weighted by atomic mass is 10.1. The van der Waals surface area contributed by atoms with Gasteiger partial charge in [0.25, 0.3) is 0 Å². The molecule has 2 rings (SSSR count). The van der Waals surface area contributed by atoms with Gasteiger partial charge in [-0.25, -0.2) is 0 Å². The monoisotopic (exact) mass is 246 g/mol. The molecule has 1 heterocycles. The average molecular weight is 246 g/mol. The lowest BCUT2D eigenvalue weighted by molar-refractivity contribution is 0.291. The maximum atomic E-state index is 8.88. The number of hydrogen-bond acceptors (Lipinski definition) is 4. The lowest BCUT2D eigenvalue weighted by Crippen LogP contribution is -2.26. The van der Waals surface area contributed by atoms with E-state index in [9.17, 15) is 0 Å². The number of fused-ring (bicyclic) bond motifs is 1. The summed E-state index contributed by atoms with van der Waals surface area (Å²) in [6.45, 7) is 4.02. The Morgan fingerprint density at radius 3 is 2.78 bits per heavy atom. The Bertz CT molecular complexity index is 454. The van der Waals surface area contributed by atoms with Crippen molar-refractivity contribution in [1.82, 2.24) is 4.90 Å². The maximum absolute atomic E-state index is 8.88. The van der Waals surface area contributed by atoms with Crippen molar-refractivity contribution in [3.05, 3.63) is 23.8 Å². The van der Waals surface area contributed by atoms with Crippen LogP contribution in [0.5, 0.6) is 11.5 Å². The molecule has 0 radical (unpaired) electrons. The molecule has 0 spiro atoms. The second-order valence-corrected chi connectivity index (χ2v) is 4.55. The standard InChI is InChI=1S/C14H18N2O2/c1-11(9-15)16(2)10-12-4-5-13-14(8-12)18-7-3-6-17-13/h4-5,8,11H,3,6-7,10H2,1-2H3. The van der Waals surface area contributed by atoms with Crippen LogP contribution in [0.25, 0.3) is 0 Å². The highest BCUT2D eigenvalue weighted by Gasteiger charge is 2.13. The average Bonchev–Trinajstić information content (AvgIpc) is 2.62. The molecule has 0 saturated heterocycles. The third kappa shape index (κ3) is 2.93. The molecule has 1 atom stereocenters. The van der Waals surface area contributed by atoms with Crippen molar-refractivity contribution in [2.75, 3.05) is 20.3 Å². The molecule has 1 unspecified atom stereocenters. The molecule has 1 aromatic rings. The first-order valence-corrected chi connectivity index (χ1v) is 6.19. The summed E-state index contributed by atoms with van der Waals surface area (Å²) in [6.07, 6.45) is 0.912. The second-order valence-electron chi connectivity index (χ2n) is 4.55. The van der Waals surface area contributed by atoms with Crippen molar-refractivity contribution in [1.29, 1.82) is 5.26 Å². The minimum absolute atomic E-state index is 0.0963. The van der Waals surface area contributed by atoms with E-state index in [1.807, 2.05) is 37.1 Å². The highest BCUT2D eigenvalue weighted by molar-refractivity contribution is 5.43. The minimum atomic E-state index is -0.0963. The number of hydrogen-bond donors (Lipinski definition) is 0. The fraction of sp³-hybridized carbons (Fsp3) is 0.500. The third-order valence-electron chi connectivity index (χ3n) is 3.09. The molecular weight excluding hydrogens is 228 g/mol. The number of nitrogens with zero attached hydrogens (tertiary/aromatic N) is 2. The van der Waals surface area contributed by atoms with E-state index in [1.54, 1.807) is 0 Å². The summed E-state index contributed by atoms with van der Waals surface area (Å²) in [5, 5.41) is 8.88. The van der Waals surface area contributed by atoms with Gasteiger partial charge in [0.2, 0.25) is 0 Å². The largest absolute Gasteiger partial charge is 0.490 e. The first-order valence-electron chi connectivity index (χ1n) is 6.19. The van der Waals surface area contributed by atoms with E-state index in [0.29, 0.717) is 13.2 Å². The highest BCUT2D eigenvalue weighted by Crippen LogP contribution is 2.30. The molecule has 1 aromatic carbocycles. The van der Waals surface area contributed by atoms with Gasteiger partial charge < -0.3 is 9.47 Å². The minimum Gasteiger partial charge on any atom is -0.490 e. The van der Waals surface area contributed by atoms with Crippen molar-refractivity contribution < 1.29 is 9.47 Å². The molecule has 0 N–H and O–H groups in total. The highest BCUT2D eigenvalue weighted by atomic mass is 16.5. The SMILES string of the molecule is CC(C#N)N(C)Cc1ccc2c(c1)OCCCO2. The fourth-order valence-electron chi connectivity index (χ4n) is 1.83. The molecule has 96 valence electrons. The predicted octanol–water partition coefficient (Wildman–Crippen LogP) is 2.19. The van der Waals surface area contributed by atoms with Crippen molar-refractivity contribution in [3.8, 4) is 17.6 Å². The van der Waals surface area contributed by atoms with Crippen LogP contribution in [0.1, 0.15) is 18.9 Å². The number of rotatable bonds is 3. The van der Waals surface area contributed by atoms with Gasteiger partial charge in [0.05, 0.1) is 25.3 Å². The Labute approximate surface area is 108 Å². The zero-order valence-corrected chi connectivity index (χ0v) is 10.8. The van der Waals surface area contributed by atoms with Crippen molar-refractivity contribution in [2.45, 2.75) is 25.9 Å². The van der Waals surface area contributed by atoms with E-state index in [4.69, 9.17) is 14.7 Å². The van der Waals surface area contributed by atoms with Crippen LogP contribution in [-0.2, 0) is 6.54 Å². The molecular formula is C14H18N2O2. The van der Waals surface area contributed by atoms with Crippen molar-refractivity contribution in [3.63, 3.8) is 0 Å². The third-order valence-corrected chi connectivity index (χ3v) is 3.09. The summed E-state index contributed by atoms with van der Waals surface area (Å²) >= 11 is 0. The van der Waals surface area contributed by atoms with Crippen LogP contribution in [0.15, 0.2) is 18.2 Å². The number of benzene rings is 1. The molecule has 18 heavy (non-hydrogen) atoms. The number of nitriles is 1. The molecule has 0 amide bonds. The van der Waals surface area contributed by atoms with Gasteiger partial charge in [0.15, 0.2) is 11.5 Å². The Kier molecular flexibility index (Phi) is 4.06. The first-order chi connectivity index (χ1) is 8.70. The molecule has 1 aliphatic heterocycles. The van der Waals surface area contributed by atoms with Gasteiger partial charge in [0.1, 0.15) is 0 Å². The van der Waals surface area contributed by atoms with Crippen LogP contribution in [0, 0.1) is 11.3 Å². The van der Waals surface area contributed by atoms with E-state index in [-0.39, 0.29) is 6.04 Å². The zero-order valence-electron chi connectivity index (χ0n) is 10.8. The summed E-state index contributed by atoms with van der Waals surface area (Å²) in [6, 6.07) is 8.10. The van der Waals surface area contributed by atoms with E-state index in [2.05, 4.69) is 6.07 Å². The van der Waals surface area contributed by atoms with Crippen LogP contribution in [0.2, 0.25) is 0 Å². The lowest BCUT2D eigenvalue weighted by Gasteiger charge is -2.19. The van der Waals surface area contributed by atoms with Crippen LogP contribution >= 0.6 is 0 Å². The van der Waals surface area contributed by atoms with Gasteiger partial charge in [-0.15, -0.1) is 0 Å². The molecule has 0 aromatic heterocycles. The Hall–Kier alpha value is -1.73. The molecule has 0 fully saturated rings. The van der Waals surface area contributed by atoms with Crippen LogP contribution in [0.4, 0.5) is 0 Å². The normalized spacial score (nSPS) is 15.9. The van der Waals surface area contributed by atoms with Crippen LogP contribution in [0.3, 0.4) is 0 Å². The quantitative estimate of drug-likeness (QED) is 0.820. The van der Waals surface area contributed by atoms with Gasteiger partial charge in [-0.05, 0) is 31.7 Å². The molecule has 1 aliphatic rings. The molecule has 4 nitrogen and oxygen atoms in total. The Balaban J connectivity index is 2.11. The van der Waals surface area contributed by atoms with Crippen molar-refractivity contribution in [2.24, 2.45) is 0 Å². The summed E-state index contributed by atoms with van der Waals surface area (Å²) in [5.74, 6) is 1.62. The van der Waals surface area contributed by atoms with Gasteiger partial charge in [-0.3, -0.25) is 4.90 Å². The Morgan fingerprint density at radius 1 is 1.33 bits per heavy atom. The summed E-state index contributed by atoms with van der Waals surface area (Å²) < 4.78 is 11.2. The first kappa shape index (κ1) is 12.7. The van der Waals surface area contributed by atoms with E-state index >= 15 is 0 Å². The van der Waals surface area contributed by atoms with E-state index in [1.165, 1.54) is 0 Å². The smallest absolute Gasteiger partial charge is 0.161 e. The van der Waals surface area contributed by atoms with Gasteiger partial charge >= 0.3 is 0 Å². The van der Waals surface area contributed by atoms with E-state index in [0.717, 1.165) is 30.0 Å².